The van der Waals surface area contributed by atoms with Crippen molar-refractivity contribution >= 4 is 17.5 Å². The third-order valence-electron chi connectivity index (χ3n) is 3.76. The second kappa shape index (κ2) is 5.33. The molecule has 2 N–H and O–H groups in total. The van der Waals surface area contributed by atoms with Gasteiger partial charge in [-0.25, -0.2) is 0 Å². The van der Waals surface area contributed by atoms with Crippen LogP contribution in [-0.2, 0) is 4.79 Å². The second-order valence-corrected chi connectivity index (χ2v) is 5.26. The van der Waals surface area contributed by atoms with E-state index >= 15 is 0 Å². The van der Waals surface area contributed by atoms with Gasteiger partial charge in [0, 0.05) is 11.6 Å². The van der Waals surface area contributed by atoms with Crippen LogP contribution in [0.1, 0.15) is 23.5 Å². The standard InChI is InChI=1S/C18H17NO/c19-15-9-6-13(7-10-15)8-11-18(20)17-12-16(17)14-4-2-1-3-5-14/h1-11,16-17H,12,19H2/b11-8+. The van der Waals surface area contributed by atoms with E-state index in [0.717, 1.165) is 17.7 Å². The molecule has 100 valence electrons. The summed E-state index contributed by atoms with van der Waals surface area (Å²) in [6.45, 7) is 0. The number of rotatable bonds is 4. The Kier molecular flexibility index (Phi) is 3.38. The third-order valence-corrected chi connectivity index (χ3v) is 3.76. The summed E-state index contributed by atoms with van der Waals surface area (Å²) in [7, 11) is 0. The molecule has 0 aliphatic heterocycles. The van der Waals surface area contributed by atoms with Gasteiger partial charge in [-0.15, -0.1) is 0 Å². The highest BCUT2D eigenvalue weighted by atomic mass is 16.1. The lowest BCUT2D eigenvalue weighted by Gasteiger charge is -1.98. The smallest absolute Gasteiger partial charge is 0.159 e. The van der Waals surface area contributed by atoms with Gasteiger partial charge < -0.3 is 5.73 Å². The molecule has 2 aromatic rings. The predicted octanol–water partition coefficient (Wildman–Crippen LogP) is 3.65. The summed E-state index contributed by atoms with van der Waals surface area (Å²) in [5, 5.41) is 0. The topological polar surface area (TPSA) is 43.1 Å². The van der Waals surface area contributed by atoms with Gasteiger partial charge in [-0.1, -0.05) is 48.5 Å². The van der Waals surface area contributed by atoms with E-state index in [1.807, 2.05) is 48.5 Å². The Balaban J connectivity index is 1.62. The van der Waals surface area contributed by atoms with Gasteiger partial charge in [0.2, 0.25) is 0 Å². The number of hydrogen-bond acceptors (Lipinski definition) is 2. The van der Waals surface area contributed by atoms with Crippen LogP contribution in [0.5, 0.6) is 0 Å². The van der Waals surface area contributed by atoms with Crippen LogP contribution in [0.4, 0.5) is 5.69 Å². The first kappa shape index (κ1) is 12.7. The zero-order valence-corrected chi connectivity index (χ0v) is 11.2. The number of anilines is 1. The summed E-state index contributed by atoms with van der Waals surface area (Å²) in [4.78, 5) is 12.1. The van der Waals surface area contributed by atoms with Gasteiger partial charge in [0.25, 0.3) is 0 Å². The maximum atomic E-state index is 12.1. The van der Waals surface area contributed by atoms with Crippen LogP contribution in [0.3, 0.4) is 0 Å². The molecule has 2 heteroatoms. The number of hydrogen-bond donors (Lipinski definition) is 1. The van der Waals surface area contributed by atoms with Gasteiger partial charge in [-0.2, -0.15) is 0 Å². The second-order valence-electron chi connectivity index (χ2n) is 5.26. The lowest BCUT2D eigenvalue weighted by atomic mass is 10.1. The number of benzene rings is 2. The van der Waals surface area contributed by atoms with Gasteiger partial charge in [-0.3, -0.25) is 4.79 Å². The van der Waals surface area contributed by atoms with Crippen LogP contribution in [0.2, 0.25) is 0 Å². The van der Waals surface area contributed by atoms with Crippen LogP contribution >= 0.6 is 0 Å². The highest BCUT2D eigenvalue weighted by molar-refractivity contribution is 5.97. The summed E-state index contributed by atoms with van der Waals surface area (Å²) in [5.74, 6) is 0.776. The molecule has 1 saturated carbocycles. The third kappa shape index (κ3) is 2.80. The minimum Gasteiger partial charge on any atom is -0.399 e. The molecule has 1 fully saturated rings. The first-order chi connectivity index (χ1) is 9.74. The number of allylic oxidation sites excluding steroid dienone is 1. The zero-order chi connectivity index (χ0) is 13.9. The highest BCUT2D eigenvalue weighted by Crippen LogP contribution is 2.48. The summed E-state index contributed by atoms with van der Waals surface area (Å²) in [5.41, 5.74) is 8.64. The van der Waals surface area contributed by atoms with Gasteiger partial charge in [0.05, 0.1) is 0 Å². The number of carbonyl (C=O) groups excluding carboxylic acids is 1. The lowest BCUT2D eigenvalue weighted by Crippen LogP contribution is -1.97. The van der Waals surface area contributed by atoms with E-state index in [9.17, 15) is 4.79 Å². The number of carbonyl (C=O) groups is 1. The Morgan fingerprint density at radius 3 is 2.45 bits per heavy atom. The molecule has 2 nitrogen and oxygen atoms in total. The molecule has 2 atom stereocenters. The normalized spacial score (nSPS) is 21.0. The fraction of sp³-hybridized carbons (Fsp3) is 0.167. The SMILES string of the molecule is Nc1ccc(/C=C/C(=O)C2CC2c2ccccc2)cc1. The Morgan fingerprint density at radius 2 is 1.75 bits per heavy atom. The monoisotopic (exact) mass is 263 g/mol. The quantitative estimate of drug-likeness (QED) is 0.675. The maximum absolute atomic E-state index is 12.1. The average molecular weight is 263 g/mol. The number of nitrogens with two attached hydrogens (primary N) is 1. The molecule has 0 heterocycles. The van der Waals surface area contributed by atoms with E-state index in [-0.39, 0.29) is 11.7 Å². The van der Waals surface area contributed by atoms with Crippen LogP contribution in [0, 0.1) is 5.92 Å². The Labute approximate surface area is 118 Å². The number of nitrogen functional groups attached to an aromatic ring is 1. The number of ketones is 1. The van der Waals surface area contributed by atoms with Crippen molar-refractivity contribution in [2.45, 2.75) is 12.3 Å². The molecule has 2 unspecified atom stereocenters. The highest BCUT2D eigenvalue weighted by Gasteiger charge is 2.42. The van der Waals surface area contributed by atoms with Crippen molar-refractivity contribution in [1.82, 2.24) is 0 Å². The Hall–Kier alpha value is -2.35. The van der Waals surface area contributed by atoms with Gasteiger partial charge in [0.1, 0.15) is 0 Å². The molecular formula is C18H17NO. The molecule has 3 rings (SSSR count). The van der Waals surface area contributed by atoms with Crippen LogP contribution in [-0.4, -0.2) is 5.78 Å². The Morgan fingerprint density at radius 1 is 1.05 bits per heavy atom. The fourth-order valence-electron chi connectivity index (χ4n) is 2.49. The van der Waals surface area contributed by atoms with Crippen molar-refractivity contribution in [1.29, 1.82) is 0 Å². The van der Waals surface area contributed by atoms with E-state index < -0.39 is 0 Å². The molecule has 1 aliphatic carbocycles. The molecule has 1 aliphatic rings. The maximum Gasteiger partial charge on any atom is 0.159 e. The lowest BCUT2D eigenvalue weighted by molar-refractivity contribution is -0.115. The van der Waals surface area contributed by atoms with Crippen molar-refractivity contribution < 1.29 is 4.79 Å². The molecular weight excluding hydrogens is 246 g/mol. The molecule has 0 bridgehead atoms. The molecule has 0 amide bonds. The largest absolute Gasteiger partial charge is 0.399 e. The first-order valence-corrected chi connectivity index (χ1v) is 6.86. The predicted molar refractivity (Wildman–Crippen MR) is 82.2 cm³/mol. The van der Waals surface area contributed by atoms with Crippen LogP contribution < -0.4 is 5.73 Å². The molecule has 0 saturated heterocycles. The van der Waals surface area contributed by atoms with Gasteiger partial charge in [0.15, 0.2) is 5.78 Å². The van der Waals surface area contributed by atoms with Crippen molar-refractivity contribution in [3.63, 3.8) is 0 Å². The van der Waals surface area contributed by atoms with E-state index in [4.69, 9.17) is 5.73 Å². The van der Waals surface area contributed by atoms with Crippen LogP contribution in [0.25, 0.3) is 6.08 Å². The average Bonchev–Trinajstić information content (AvgIpc) is 3.28. The molecule has 0 radical (unpaired) electrons. The van der Waals surface area contributed by atoms with Crippen molar-refractivity contribution in [3.8, 4) is 0 Å². The first-order valence-electron chi connectivity index (χ1n) is 6.86. The van der Waals surface area contributed by atoms with Gasteiger partial charge >= 0.3 is 0 Å². The Bertz CT molecular complexity index is 628. The summed E-state index contributed by atoms with van der Waals surface area (Å²) < 4.78 is 0. The van der Waals surface area contributed by atoms with E-state index in [1.165, 1.54) is 5.56 Å². The van der Waals surface area contributed by atoms with Gasteiger partial charge in [-0.05, 0) is 41.7 Å². The van der Waals surface area contributed by atoms with Crippen LogP contribution in [0.15, 0.2) is 60.7 Å². The minimum absolute atomic E-state index is 0.155. The summed E-state index contributed by atoms with van der Waals surface area (Å²) in [6, 6.07) is 17.8. The van der Waals surface area contributed by atoms with Crippen molar-refractivity contribution in [3.05, 3.63) is 71.8 Å². The summed E-state index contributed by atoms with van der Waals surface area (Å²) in [6.07, 6.45) is 4.52. The van der Waals surface area contributed by atoms with E-state index in [2.05, 4.69) is 12.1 Å². The van der Waals surface area contributed by atoms with E-state index in [1.54, 1.807) is 6.08 Å². The molecule has 2 aromatic carbocycles. The van der Waals surface area contributed by atoms with Crippen molar-refractivity contribution in [2.75, 3.05) is 5.73 Å². The minimum atomic E-state index is 0.155. The molecule has 0 spiro atoms. The fourth-order valence-corrected chi connectivity index (χ4v) is 2.49. The molecule has 20 heavy (non-hydrogen) atoms. The zero-order valence-electron chi connectivity index (χ0n) is 11.2. The summed E-state index contributed by atoms with van der Waals surface area (Å²) >= 11 is 0. The van der Waals surface area contributed by atoms with E-state index in [0.29, 0.717) is 5.92 Å². The molecule has 0 aromatic heterocycles. The van der Waals surface area contributed by atoms with Crippen molar-refractivity contribution in [2.24, 2.45) is 5.92 Å².